The van der Waals surface area contributed by atoms with Gasteiger partial charge >= 0.3 is 0 Å². The number of imidazole rings is 1. The van der Waals surface area contributed by atoms with E-state index in [1.807, 2.05) is 50.4 Å². The Balaban J connectivity index is 2.24. The fourth-order valence-corrected chi connectivity index (χ4v) is 2.45. The maximum atomic E-state index is 9.72. The summed E-state index contributed by atoms with van der Waals surface area (Å²) in [6.45, 7) is 5.52. The number of hydrogen-bond donors (Lipinski definition) is 1. The number of nitrogens with zero attached hydrogens (tertiary/aromatic N) is 3. The Morgan fingerprint density at radius 1 is 1.35 bits per heavy atom. The first-order valence-corrected chi connectivity index (χ1v) is 6.91. The van der Waals surface area contributed by atoms with Crippen LogP contribution in [-0.2, 0) is 12.1 Å². The molecule has 2 rings (SSSR count). The van der Waals surface area contributed by atoms with Crippen molar-refractivity contribution in [2.24, 2.45) is 0 Å². The molecule has 104 valence electrons. The van der Waals surface area contributed by atoms with Crippen LogP contribution in [0.4, 0.5) is 0 Å². The first kappa shape index (κ1) is 14.3. The van der Waals surface area contributed by atoms with Gasteiger partial charge in [0.2, 0.25) is 0 Å². The van der Waals surface area contributed by atoms with E-state index in [0.717, 1.165) is 24.5 Å². The maximum absolute atomic E-state index is 9.72. The van der Waals surface area contributed by atoms with E-state index in [1.165, 1.54) is 0 Å². The van der Waals surface area contributed by atoms with Crippen molar-refractivity contribution in [1.29, 1.82) is 5.26 Å². The molecule has 0 amide bonds. The average molecular weight is 268 g/mol. The zero-order valence-corrected chi connectivity index (χ0v) is 12.0. The molecule has 0 saturated heterocycles. The van der Waals surface area contributed by atoms with Crippen LogP contribution in [-0.4, -0.2) is 16.1 Å². The molecule has 4 nitrogen and oxygen atoms in total. The molecule has 0 aliphatic rings. The van der Waals surface area contributed by atoms with Gasteiger partial charge in [-0.2, -0.15) is 5.26 Å². The number of nitrogens with one attached hydrogen (secondary N) is 1. The van der Waals surface area contributed by atoms with Gasteiger partial charge in [-0.1, -0.05) is 37.3 Å². The fourth-order valence-electron chi connectivity index (χ4n) is 2.45. The average Bonchev–Trinajstić information content (AvgIpc) is 2.90. The lowest BCUT2D eigenvalue weighted by Crippen LogP contribution is -2.42. The molecule has 0 aliphatic heterocycles. The largest absolute Gasteiger partial charge is 0.335 e. The van der Waals surface area contributed by atoms with Gasteiger partial charge in [0.15, 0.2) is 0 Å². The van der Waals surface area contributed by atoms with E-state index < -0.39 is 5.54 Å². The molecule has 1 unspecified atom stereocenters. The van der Waals surface area contributed by atoms with Crippen LogP contribution in [0.25, 0.3) is 0 Å². The Bertz CT molecular complexity index is 582. The molecule has 0 saturated carbocycles. The second kappa shape index (κ2) is 6.36. The highest BCUT2D eigenvalue weighted by atomic mass is 15.1. The van der Waals surface area contributed by atoms with Crippen LogP contribution in [0.2, 0.25) is 0 Å². The Hall–Kier alpha value is -2.12. The minimum atomic E-state index is -0.646. The van der Waals surface area contributed by atoms with Crippen molar-refractivity contribution < 1.29 is 0 Å². The Morgan fingerprint density at radius 2 is 2.10 bits per heavy atom. The molecule has 1 aromatic heterocycles. The van der Waals surface area contributed by atoms with Crippen molar-refractivity contribution in [3.05, 3.63) is 54.1 Å². The van der Waals surface area contributed by atoms with Gasteiger partial charge in [-0.15, -0.1) is 0 Å². The number of aromatic nitrogens is 2. The van der Waals surface area contributed by atoms with E-state index in [-0.39, 0.29) is 0 Å². The monoisotopic (exact) mass is 268 g/mol. The van der Waals surface area contributed by atoms with Crippen molar-refractivity contribution in [2.45, 2.75) is 32.4 Å². The lowest BCUT2D eigenvalue weighted by molar-refractivity contribution is 0.379. The summed E-state index contributed by atoms with van der Waals surface area (Å²) < 4.78 is 2.08. The minimum absolute atomic E-state index is 0.646. The van der Waals surface area contributed by atoms with Crippen molar-refractivity contribution in [3.63, 3.8) is 0 Å². The topological polar surface area (TPSA) is 53.6 Å². The van der Waals surface area contributed by atoms with Gasteiger partial charge in [-0.05, 0) is 19.0 Å². The lowest BCUT2D eigenvalue weighted by Gasteiger charge is -2.28. The maximum Gasteiger partial charge on any atom is 0.133 e. The van der Waals surface area contributed by atoms with Crippen molar-refractivity contribution in [2.75, 3.05) is 6.54 Å². The molecular weight excluding hydrogens is 248 g/mol. The number of hydrogen-bond acceptors (Lipinski definition) is 3. The molecule has 4 heteroatoms. The Morgan fingerprint density at radius 3 is 2.65 bits per heavy atom. The highest BCUT2D eigenvalue weighted by molar-refractivity contribution is 5.31. The molecule has 1 atom stereocenters. The number of benzene rings is 1. The number of aryl methyl sites for hydroxylation is 2. The van der Waals surface area contributed by atoms with Gasteiger partial charge in [-0.25, -0.2) is 4.98 Å². The summed E-state index contributed by atoms with van der Waals surface area (Å²) in [6.07, 6.45) is 4.45. The van der Waals surface area contributed by atoms with Crippen LogP contribution in [0.3, 0.4) is 0 Å². The predicted molar refractivity (Wildman–Crippen MR) is 79.0 cm³/mol. The van der Waals surface area contributed by atoms with Gasteiger partial charge in [0.25, 0.3) is 0 Å². The smallest absolute Gasteiger partial charge is 0.133 e. The summed E-state index contributed by atoms with van der Waals surface area (Å²) in [5.41, 5.74) is 0.370. The summed E-state index contributed by atoms with van der Waals surface area (Å²) in [5.74, 6) is 0.974. The first-order chi connectivity index (χ1) is 9.72. The minimum Gasteiger partial charge on any atom is -0.335 e. The highest BCUT2D eigenvalue weighted by Crippen LogP contribution is 2.25. The normalized spacial score (nSPS) is 13.7. The molecular formula is C16H20N4. The SMILES string of the molecule is CCNC(C#N)(CCn1ccnc1C)c1ccccc1. The molecule has 0 aliphatic carbocycles. The van der Waals surface area contributed by atoms with Crippen LogP contribution in [0.5, 0.6) is 0 Å². The summed E-state index contributed by atoms with van der Waals surface area (Å²) in [6, 6.07) is 12.4. The van der Waals surface area contributed by atoms with Crippen LogP contribution in [0, 0.1) is 18.3 Å². The standard InChI is InChI=1S/C16H20N4/c1-3-19-16(13-17,15-7-5-4-6-8-15)9-11-20-12-10-18-14(20)2/h4-8,10,12,19H,3,9,11H2,1-2H3. The summed E-state index contributed by atoms with van der Waals surface area (Å²) in [7, 11) is 0. The summed E-state index contributed by atoms with van der Waals surface area (Å²) >= 11 is 0. The van der Waals surface area contributed by atoms with Crippen molar-refractivity contribution >= 4 is 0 Å². The molecule has 1 N–H and O–H groups in total. The fraction of sp³-hybridized carbons (Fsp3) is 0.375. The second-order valence-corrected chi connectivity index (χ2v) is 4.83. The molecule has 0 radical (unpaired) electrons. The number of rotatable bonds is 6. The zero-order valence-electron chi connectivity index (χ0n) is 12.0. The number of nitriles is 1. The Labute approximate surface area is 120 Å². The third kappa shape index (κ3) is 2.89. The molecule has 0 bridgehead atoms. The van der Waals surface area contributed by atoms with E-state index in [2.05, 4.69) is 20.9 Å². The predicted octanol–water partition coefficient (Wildman–Crippen LogP) is 2.61. The highest BCUT2D eigenvalue weighted by Gasteiger charge is 2.30. The third-order valence-corrected chi connectivity index (χ3v) is 3.59. The second-order valence-electron chi connectivity index (χ2n) is 4.83. The van der Waals surface area contributed by atoms with Crippen LogP contribution >= 0.6 is 0 Å². The van der Waals surface area contributed by atoms with Crippen LogP contribution in [0.15, 0.2) is 42.7 Å². The first-order valence-electron chi connectivity index (χ1n) is 6.91. The molecule has 20 heavy (non-hydrogen) atoms. The van der Waals surface area contributed by atoms with Gasteiger partial charge in [-0.3, -0.25) is 5.32 Å². The van der Waals surface area contributed by atoms with E-state index >= 15 is 0 Å². The van der Waals surface area contributed by atoms with Crippen molar-refractivity contribution in [1.82, 2.24) is 14.9 Å². The molecule has 1 aromatic carbocycles. The summed E-state index contributed by atoms with van der Waals surface area (Å²) in [4.78, 5) is 4.22. The van der Waals surface area contributed by atoms with E-state index in [9.17, 15) is 5.26 Å². The zero-order chi connectivity index (χ0) is 14.4. The molecule has 0 spiro atoms. The van der Waals surface area contributed by atoms with Crippen molar-refractivity contribution in [3.8, 4) is 6.07 Å². The van der Waals surface area contributed by atoms with E-state index in [0.29, 0.717) is 6.42 Å². The van der Waals surface area contributed by atoms with E-state index in [1.54, 1.807) is 6.20 Å². The molecule has 1 heterocycles. The Kier molecular flexibility index (Phi) is 4.54. The van der Waals surface area contributed by atoms with Crippen LogP contribution in [0.1, 0.15) is 24.7 Å². The van der Waals surface area contributed by atoms with Crippen LogP contribution < -0.4 is 5.32 Å². The third-order valence-electron chi connectivity index (χ3n) is 3.59. The van der Waals surface area contributed by atoms with E-state index in [4.69, 9.17) is 0 Å². The molecule has 2 aromatic rings. The van der Waals surface area contributed by atoms with Gasteiger partial charge in [0, 0.05) is 25.4 Å². The lowest BCUT2D eigenvalue weighted by atomic mass is 9.88. The van der Waals surface area contributed by atoms with Gasteiger partial charge in [0.1, 0.15) is 11.4 Å². The van der Waals surface area contributed by atoms with Gasteiger partial charge in [0.05, 0.1) is 6.07 Å². The van der Waals surface area contributed by atoms with Gasteiger partial charge < -0.3 is 4.57 Å². The summed E-state index contributed by atoms with van der Waals surface area (Å²) in [5, 5.41) is 13.1. The quantitative estimate of drug-likeness (QED) is 0.876. The molecule has 0 fully saturated rings.